The number of likely N-dealkylation sites (tertiary alicyclic amines) is 1. The lowest BCUT2D eigenvalue weighted by atomic mass is 9.65. The van der Waals surface area contributed by atoms with Crippen LogP contribution in [0.2, 0.25) is 0 Å². The van der Waals surface area contributed by atoms with E-state index in [1.807, 2.05) is 7.11 Å². The number of hydrogen-bond acceptors (Lipinski definition) is 3. The summed E-state index contributed by atoms with van der Waals surface area (Å²) in [6.07, 6.45) is 8.17. The topological polar surface area (TPSA) is 38.5 Å². The van der Waals surface area contributed by atoms with Crippen molar-refractivity contribution in [2.24, 2.45) is 23.0 Å². The Morgan fingerprint density at radius 1 is 1.14 bits per heavy atom. The highest BCUT2D eigenvalue weighted by Crippen LogP contribution is 2.43. The first-order chi connectivity index (χ1) is 10.0. The van der Waals surface area contributed by atoms with E-state index in [4.69, 9.17) is 10.5 Å². The summed E-state index contributed by atoms with van der Waals surface area (Å²) < 4.78 is 5.52. The highest BCUT2D eigenvalue weighted by molar-refractivity contribution is 4.93. The minimum absolute atomic E-state index is 0.475. The standard InChI is InChI=1S/C18H36N2O/c1-5-18(2,3)15-7-6-14(13-19)17(12-15)20-10-8-16(21-4)9-11-20/h14-17H,5-13,19H2,1-4H3. The highest BCUT2D eigenvalue weighted by atomic mass is 16.5. The molecule has 0 aromatic rings. The van der Waals surface area contributed by atoms with Gasteiger partial charge in [0.25, 0.3) is 0 Å². The molecule has 3 atom stereocenters. The molecule has 1 saturated heterocycles. The Labute approximate surface area is 131 Å². The fraction of sp³-hybridized carbons (Fsp3) is 1.00. The van der Waals surface area contributed by atoms with E-state index < -0.39 is 0 Å². The molecular formula is C18H36N2O. The molecule has 0 bridgehead atoms. The number of methoxy groups -OCH3 is 1. The van der Waals surface area contributed by atoms with Gasteiger partial charge >= 0.3 is 0 Å². The van der Waals surface area contributed by atoms with Gasteiger partial charge in [-0.2, -0.15) is 0 Å². The van der Waals surface area contributed by atoms with E-state index in [2.05, 4.69) is 25.7 Å². The summed E-state index contributed by atoms with van der Waals surface area (Å²) in [6.45, 7) is 10.5. The summed E-state index contributed by atoms with van der Waals surface area (Å²) in [4.78, 5) is 2.73. The molecule has 3 nitrogen and oxygen atoms in total. The molecule has 0 aromatic carbocycles. The Kier molecular flexibility index (Phi) is 6.10. The van der Waals surface area contributed by atoms with Crippen LogP contribution in [0.15, 0.2) is 0 Å². The number of nitrogens with zero attached hydrogens (tertiary/aromatic N) is 1. The van der Waals surface area contributed by atoms with Crippen molar-refractivity contribution in [1.82, 2.24) is 4.90 Å². The average Bonchev–Trinajstić information content (AvgIpc) is 2.54. The van der Waals surface area contributed by atoms with Crippen LogP contribution in [0.1, 0.15) is 59.3 Å². The second-order valence-corrected chi connectivity index (χ2v) is 7.89. The molecule has 0 amide bonds. The third-order valence-electron chi connectivity index (χ3n) is 6.55. The summed E-state index contributed by atoms with van der Waals surface area (Å²) in [5, 5.41) is 0. The van der Waals surface area contributed by atoms with E-state index >= 15 is 0 Å². The number of ether oxygens (including phenoxy) is 1. The average molecular weight is 296 g/mol. The predicted octanol–water partition coefficient (Wildman–Crippen LogP) is 3.28. The molecule has 2 N–H and O–H groups in total. The van der Waals surface area contributed by atoms with Crippen LogP contribution in [0.4, 0.5) is 0 Å². The molecule has 2 rings (SSSR count). The SMILES string of the molecule is CCC(C)(C)C1CCC(CN)C(N2CCC(OC)CC2)C1. The molecule has 1 heterocycles. The van der Waals surface area contributed by atoms with Crippen molar-refractivity contribution in [3.8, 4) is 0 Å². The Hall–Kier alpha value is -0.120. The summed E-state index contributed by atoms with van der Waals surface area (Å²) in [5.41, 5.74) is 6.56. The summed E-state index contributed by atoms with van der Waals surface area (Å²) in [6, 6.07) is 0.706. The van der Waals surface area contributed by atoms with Gasteiger partial charge < -0.3 is 10.5 Å². The van der Waals surface area contributed by atoms with Gasteiger partial charge in [-0.15, -0.1) is 0 Å². The van der Waals surface area contributed by atoms with Gasteiger partial charge in [0, 0.05) is 26.2 Å². The van der Waals surface area contributed by atoms with Crippen LogP contribution in [-0.2, 0) is 4.74 Å². The smallest absolute Gasteiger partial charge is 0.0595 e. The van der Waals surface area contributed by atoms with Crippen LogP contribution in [0.25, 0.3) is 0 Å². The normalized spacial score (nSPS) is 33.3. The van der Waals surface area contributed by atoms with Crippen LogP contribution in [0.5, 0.6) is 0 Å². The maximum atomic E-state index is 6.09. The fourth-order valence-corrected chi connectivity index (χ4v) is 4.37. The van der Waals surface area contributed by atoms with Crippen LogP contribution < -0.4 is 5.73 Å². The van der Waals surface area contributed by atoms with Crippen molar-refractivity contribution in [3.63, 3.8) is 0 Å². The van der Waals surface area contributed by atoms with E-state index in [1.165, 1.54) is 51.6 Å². The molecule has 0 aromatic heterocycles. The Morgan fingerprint density at radius 2 is 1.81 bits per heavy atom. The van der Waals surface area contributed by atoms with E-state index in [-0.39, 0.29) is 0 Å². The van der Waals surface area contributed by atoms with Crippen molar-refractivity contribution in [1.29, 1.82) is 0 Å². The first-order valence-corrected chi connectivity index (χ1v) is 8.98. The van der Waals surface area contributed by atoms with Gasteiger partial charge in [-0.05, 0) is 55.9 Å². The molecule has 3 unspecified atom stereocenters. The molecule has 1 aliphatic heterocycles. The first-order valence-electron chi connectivity index (χ1n) is 8.98. The quantitative estimate of drug-likeness (QED) is 0.846. The lowest BCUT2D eigenvalue weighted by Gasteiger charge is -2.48. The lowest BCUT2D eigenvalue weighted by molar-refractivity contribution is -0.0113. The van der Waals surface area contributed by atoms with E-state index in [9.17, 15) is 0 Å². The van der Waals surface area contributed by atoms with Gasteiger partial charge in [-0.3, -0.25) is 4.90 Å². The maximum absolute atomic E-state index is 6.09. The molecule has 2 aliphatic rings. The third-order valence-corrected chi connectivity index (χ3v) is 6.55. The minimum atomic E-state index is 0.475. The van der Waals surface area contributed by atoms with Crippen molar-refractivity contribution >= 4 is 0 Å². The molecule has 3 heteroatoms. The Morgan fingerprint density at radius 3 is 2.33 bits per heavy atom. The number of rotatable bonds is 5. The predicted molar refractivity (Wildman–Crippen MR) is 89.3 cm³/mol. The molecule has 1 saturated carbocycles. The maximum Gasteiger partial charge on any atom is 0.0595 e. The fourth-order valence-electron chi connectivity index (χ4n) is 4.37. The van der Waals surface area contributed by atoms with Crippen LogP contribution >= 0.6 is 0 Å². The van der Waals surface area contributed by atoms with Gasteiger partial charge in [-0.1, -0.05) is 27.2 Å². The van der Waals surface area contributed by atoms with Gasteiger partial charge in [0.05, 0.1) is 6.10 Å². The molecule has 2 fully saturated rings. The Bertz CT molecular complexity index is 310. The van der Waals surface area contributed by atoms with E-state index in [0.717, 1.165) is 12.5 Å². The number of piperidine rings is 1. The summed E-state index contributed by atoms with van der Waals surface area (Å²) in [5.74, 6) is 1.56. The second kappa shape index (κ2) is 7.43. The van der Waals surface area contributed by atoms with Crippen LogP contribution in [0, 0.1) is 17.3 Å². The monoisotopic (exact) mass is 296 g/mol. The van der Waals surface area contributed by atoms with E-state index in [0.29, 0.717) is 23.5 Å². The molecule has 124 valence electrons. The highest BCUT2D eigenvalue weighted by Gasteiger charge is 2.39. The largest absolute Gasteiger partial charge is 0.381 e. The third kappa shape index (κ3) is 4.00. The van der Waals surface area contributed by atoms with Gasteiger partial charge in [0.15, 0.2) is 0 Å². The summed E-state index contributed by atoms with van der Waals surface area (Å²) in [7, 11) is 1.85. The van der Waals surface area contributed by atoms with Gasteiger partial charge in [0.2, 0.25) is 0 Å². The zero-order chi connectivity index (χ0) is 15.5. The summed E-state index contributed by atoms with van der Waals surface area (Å²) >= 11 is 0. The van der Waals surface area contributed by atoms with Crippen LogP contribution in [0.3, 0.4) is 0 Å². The Balaban J connectivity index is 2.00. The zero-order valence-corrected chi connectivity index (χ0v) is 14.6. The zero-order valence-electron chi connectivity index (χ0n) is 14.6. The van der Waals surface area contributed by atoms with E-state index in [1.54, 1.807) is 0 Å². The lowest BCUT2D eigenvalue weighted by Crippen LogP contribution is -2.51. The minimum Gasteiger partial charge on any atom is -0.381 e. The van der Waals surface area contributed by atoms with Crippen LogP contribution in [-0.4, -0.2) is 43.8 Å². The van der Waals surface area contributed by atoms with Crippen molar-refractivity contribution in [2.75, 3.05) is 26.7 Å². The second-order valence-electron chi connectivity index (χ2n) is 7.89. The molecule has 0 spiro atoms. The van der Waals surface area contributed by atoms with Crippen molar-refractivity contribution in [2.45, 2.75) is 71.4 Å². The van der Waals surface area contributed by atoms with Crippen molar-refractivity contribution < 1.29 is 4.74 Å². The van der Waals surface area contributed by atoms with Gasteiger partial charge in [-0.25, -0.2) is 0 Å². The first kappa shape index (κ1) is 17.2. The van der Waals surface area contributed by atoms with Gasteiger partial charge in [0.1, 0.15) is 0 Å². The number of nitrogens with two attached hydrogens (primary N) is 1. The van der Waals surface area contributed by atoms with Crippen molar-refractivity contribution in [3.05, 3.63) is 0 Å². The molecule has 0 radical (unpaired) electrons. The molecule has 21 heavy (non-hydrogen) atoms. The molecular weight excluding hydrogens is 260 g/mol. The molecule has 1 aliphatic carbocycles. The number of hydrogen-bond donors (Lipinski definition) is 1.